The second kappa shape index (κ2) is 7.21. The zero-order valence-corrected chi connectivity index (χ0v) is 17.4. The van der Waals surface area contributed by atoms with Crippen molar-refractivity contribution in [2.75, 3.05) is 21.3 Å². The van der Waals surface area contributed by atoms with Crippen LogP contribution in [0.3, 0.4) is 0 Å². The molecule has 0 amide bonds. The summed E-state index contributed by atoms with van der Waals surface area (Å²) in [7, 11) is -7.09. The topological polar surface area (TPSA) is 83.6 Å². The fourth-order valence-corrected chi connectivity index (χ4v) is 6.19. The maximum atomic E-state index is 12.6. The number of sulfonamides is 2. The lowest BCUT2D eigenvalue weighted by Gasteiger charge is -2.30. The van der Waals surface area contributed by atoms with Gasteiger partial charge in [-0.2, -0.15) is 0 Å². The zero-order chi connectivity index (χ0) is 18.9. The van der Waals surface area contributed by atoms with Crippen LogP contribution in [0.5, 0.6) is 0 Å². The Morgan fingerprint density at radius 1 is 1.12 bits per heavy atom. The van der Waals surface area contributed by atoms with E-state index >= 15 is 0 Å². The number of hydrogen-bond acceptors (Lipinski definition) is 4. The van der Waals surface area contributed by atoms with Gasteiger partial charge in [0.1, 0.15) is 4.90 Å². The molecule has 0 saturated carbocycles. The van der Waals surface area contributed by atoms with Gasteiger partial charge in [-0.25, -0.2) is 16.8 Å². The standard InChI is InChI=1S/C17H19BrN2O4S2/c1-2-25(21,22)20-11-5-6-13-12-14(9-10-16(13)20)19-26(23,24)17-8-4-3-7-15(17)18/h3-4,7-10,12,19H,2,5-6,11H2,1H3. The molecule has 0 radical (unpaired) electrons. The number of aryl methyl sites for hydroxylation is 1. The van der Waals surface area contributed by atoms with Gasteiger partial charge in [0.2, 0.25) is 10.0 Å². The van der Waals surface area contributed by atoms with Crippen LogP contribution in [0.25, 0.3) is 0 Å². The first-order valence-corrected chi connectivity index (χ1v) is 12.0. The monoisotopic (exact) mass is 458 g/mol. The van der Waals surface area contributed by atoms with Crippen LogP contribution in [0.15, 0.2) is 51.8 Å². The summed E-state index contributed by atoms with van der Waals surface area (Å²) in [5.74, 6) is 0.0306. The first-order chi connectivity index (χ1) is 12.2. The van der Waals surface area contributed by atoms with Crippen LogP contribution in [0, 0.1) is 0 Å². The third kappa shape index (κ3) is 3.74. The van der Waals surface area contributed by atoms with Gasteiger partial charge in [-0.15, -0.1) is 0 Å². The van der Waals surface area contributed by atoms with E-state index in [0.717, 1.165) is 5.56 Å². The predicted molar refractivity (Wildman–Crippen MR) is 107 cm³/mol. The van der Waals surface area contributed by atoms with E-state index in [2.05, 4.69) is 20.7 Å². The van der Waals surface area contributed by atoms with Gasteiger partial charge in [-0.1, -0.05) is 12.1 Å². The molecule has 1 aliphatic heterocycles. The Kier molecular flexibility index (Phi) is 5.32. The minimum absolute atomic E-state index is 0.0306. The average Bonchev–Trinajstić information content (AvgIpc) is 2.60. The van der Waals surface area contributed by atoms with Crippen LogP contribution in [-0.4, -0.2) is 29.1 Å². The molecule has 0 bridgehead atoms. The van der Waals surface area contributed by atoms with Crippen molar-refractivity contribution in [3.8, 4) is 0 Å². The van der Waals surface area contributed by atoms with Gasteiger partial charge in [0.25, 0.3) is 10.0 Å². The predicted octanol–water partition coefficient (Wildman–Crippen LogP) is 3.35. The molecule has 0 aliphatic carbocycles. The number of fused-ring (bicyclic) bond motifs is 1. The van der Waals surface area contributed by atoms with Gasteiger partial charge >= 0.3 is 0 Å². The second-order valence-electron chi connectivity index (χ2n) is 5.96. The SMILES string of the molecule is CCS(=O)(=O)N1CCCc2cc(NS(=O)(=O)c3ccccc3Br)ccc21. The van der Waals surface area contributed by atoms with E-state index in [9.17, 15) is 16.8 Å². The zero-order valence-electron chi connectivity index (χ0n) is 14.1. The Hall–Kier alpha value is -1.58. The van der Waals surface area contributed by atoms with Crippen LogP contribution in [-0.2, 0) is 26.5 Å². The maximum absolute atomic E-state index is 12.6. The molecule has 2 aromatic rings. The maximum Gasteiger partial charge on any atom is 0.263 e. The fraction of sp³-hybridized carbons (Fsp3) is 0.294. The summed E-state index contributed by atoms with van der Waals surface area (Å²) in [5.41, 5.74) is 1.86. The van der Waals surface area contributed by atoms with Crippen molar-refractivity contribution in [2.24, 2.45) is 0 Å². The van der Waals surface area contributed by atoms with Crippen molar-refractivity contribution in [1.29, 1.82) is 0 Å². The molecule has 1 N–H and O–H groups in total. The summed E-state index contributed by atoms with van der Waals surface area (Å²) in [6, 6.07) is 11.5. The molecule has 0 atom stereocenters. The first kappa shape index (κ1) is 19.2. The molecular formula is C17H19BrN2O4S2. The van der Waals surface area contributed by atoms with Gasteiger partial charge in [0.05, 0.1) is 11.4 Å². The summed E-state index contributed by atoms with van der Waals surface area (Å²) >= 11 is 3.25. The van der Waals surface area contributed by atoms with E-state index in [-0.39, 0.29) is 10.6 Å². The Balaban J connectivity index is 1.94. The van der Waals surface area contributed by atoms with Crippen LogP contribution >= 0.6 is 15.9 Å². The number of hydrogen-bond donors (Lipinski definition) is 1. The van der Waals surface area contributed by atoms with E-state index in [1.165, 1.54) is 10.4 Å². The normalized spacial score (nSPS) is 14.8. The van der Waals surface area contributed by atoms with Crippen LogP contribution < -0.4 is 9.03 Å². The molecule has 6 nitrogen and oxygen atoms in total. The molecule has 0 saturated heterocycles. The third-order valence-corrected chi connectivity index (χ3v) is 8.41. The summed E-state index contributed by atoms with van der Waals surface area (Å²) in [6.45, 7) is 2.06. The molecule has 0 fully saturated rings. The number of nitrogens with zero attached hydrogens (tertiary/aromatic N) is 1. The van der Waals surface area contributed by atoms with E-state index in [4.69, 9.17) is 0 Å². The summed E-state index contributed by atoms with van der Waals surface area (Å²) in [5, 5.41) is 0. The van der Waals surface area contributed by atoms with Crippen LogP contribution in [0.2, 0.25) is 0 Å². The van der Waals surface area contributed by atoms with Crippen molar-refractivity contribution in [3.63, 3.8) is 0 Å². The molecule has 1 heterocycles. The molecule has 0 aromatic heterocycles. The van der Waals surface area contributed by atoms with Crippen LogP contribution in [0.1, 0.15) is 18.9 Å². The lowest BCUT2D eigenvalue weighted by molar-refractivity contribution is 0.587. The van der Waals surface area contributed by atoms with Crippen molar-refractivity contribution >= 4 is 47.4 Å². The summed E-state index contributed by atoms with van der Waals surface area (Å²) in [6.07, 6.45) is 1.41. The Labute approximate surface area is 162 Å². The molecule has 3 rings (SSSR count). The Morgan fingerprint density at radius 2 is 1.85 bits per heavy atom. The highest BCUT2D eigenvalue weighted by Crippen LogP contribution is 2.33. The van der Waals surface area contributed by atoms with Crippen molar-refractivity contribution in [3.05, 3.63) is 52.5 Å². The number of nitrogens with one attached hydrogen (secondary N) is 1. The van der Waals surface area contributed by atoms with Gasteiger partial charge < -0.3 is 0 Å². The summed E-state index contributed by atoms with van der Waals surface area (Å²) < 4.78 is 54.2. The van der Waals surface area contributed by atoms with Crippen molar-refractivity contribution in [2.45, 2.75) is 24.7 Å². The van der Waals surface area contributed by atoms with E-state index in [1.54, 1.807) is 43.3 Å². The number of halogens is 1. The second-order valence-corrected chi connectivity index (χ2v) is 10.6. The van der Waals surface area contributed by atoms with Crippen molar-refractivity contribution in [1.82, 2.24) is 0 Å². The minimum atomic E-state index is -3.75. The lowest BCUT2D eigenvalue weighted by Crippen LogP contribution is -2.36. The molecule has 140 valence electrons. The minimum Gasteiger partial charge on any atom is -0.280 e. The van der Waals surface area contributed by atoms with E-state index < -0.39 is 20.0 Å². The average molecular weight is 459 g/mol. The third-order valence-electron chi connectivity index (χ3n) is 4.23. The first-order valence-electron chi connectivity index (χ1n) is 8.15. The van der Waals surface area contributed by atoms with Gasteiger partial charge in [-0.05, 0) is 71.6 Å². The highest BCUT2D eigenvalue weighted by Gasteiger charge is 2.26. The molecule has 26 heavy (non-hydrogen) atoms. The highest BCUT2D eigenvalue weighted by atomic mass is 79.9. The van der Waals surface area contributed by atoms with Crippen LogP contribution in [0.4, 0.5) is 11.4 Å². The number of rotatable bonds is 5. The molecule has 1 aliphatic rings. The summed E-state index contributed by atoms with van der Waals surface area (Å²) in [4.78, 5) is 0.146. The lowest BCUT2D eigenvalue weighted by atomic mass is 10.0. The van der Waals surface area contributed by atoms with Gasteiger partial charge in [-0.3, -0.25) is 9.03 Å². The highest BCUT2D eigenvalue weighted by molar-refractivity contribution is 9.10. The Bertz CT molecular complexity index is 1040. The van der Waals surface area contributed by atoms with E-state index in [0.29, 0.717) is 35.2 Å². The smallest absolute Gasteiger partial charge is 0.263 e. The molecular weight excluding hydrogens is 440 g/mol. The van der Waals surface area contributed by atoms with Crippen molar-refractivity contribution < 1.29 is 16.8 Å². The van der Waals surface area contributed by atoms with Gasteiger partial charge in [0, 0.05) is 16.7 Å². The largest absolute Gasteiger partial charge is 0.280 e. The fourth-order valence-electron chi connectivity index (χ4n) is 2.94. The van der Waals surface area contributed by atoms with Gasteiger partial charge in [0.15, 0.2) is 0 Å². The number of benzene rings is 2. The van der Waals surface area contributed by atoms with E-state index in [1.807, 2.05) is 0 Å². The molecule has 9 heteroatoms. The molecule has 0 spiro atoms. The number of anilines is 2. The Morgan fingerprint density at radius 3 is 2.54 bits per heavy atom. The quantitative estimate of drug-likeness (QED) is 0.744. The molecule has 2 aromatic carbocycles. The molecule has 0 unspecified atom stereocenters.